The van der Waals surface area contributed by atoms with E-state index in [0.29, 0.717) is 0 Å². The van der Waals surface area contributed by atoms with Crippen molar-refractivity contribution >= 4 is 55.0 Å². The minimum atomic E-state index is -0.386. The molecule has 2 aromatic heterocycles. The number of hydrogen-bond acceptors (Lipinski definition) is 5. The number of para-hydroxylation sites is 1. The first-order valence-corrected chi connectivity index (χ1v) is 32.8. The lowest BCUT2D eigenvalue weighted by Gasteiger charge is -2.32. The summed E-state index contributed by atoms with van der Waals surface area (Å²) < 4.78 is 15.5. The third-order valence-electron chi connectivity index (χ3n) is 20.0. The van der Waals surface area contributed by atoms with Crippen molar-refractivity contribution in [3.63, 3.8) is 0 Å². The molecule has 0 N–H and O–H groups in total. The second-order valence-corrected chi connectivity index (χ2v) is 26.4. The van der Waals surface area contributed by atoms with E-state index in [0.717, 1.165) is 39.0 Å². The minimum Gasteiger partial charge on any atom is -0.399 e. The Kier molecular flexibility index (Phi) is 13.5. The molecule has 4 nitrogen and oxygen atoms in total. The van der Waals surface area contributed by atoms with Crippen LogP contribution >= 0.6 is 11.3 Å². The lowest BCUT2D eigenvalue weighted by Crippen LogP contribution is -2.41. The summed E-state index contributed by atoms with van der Waals surface area (Å²) in [6.07, 6.45) is 0. The van der Waals surface area contributed by atoms with Crippen LogP contribution in [0.3, 0.4) is 0 Å². The van der Waals surface area contributed by atoms with Gasteiger partial charge in [0.1, 0.15) is 0 Å². The number of benzene rings is 12. The Bertz CT molecular complexity index is 5070. The Balaban J connectivity index is 0.000000108. The topological polar surface area (TPSA) is 44.2 Å². The van der Waals surface area contributed by atoms with Crippen molar-refractivity contribution in [1.29, 1.82) is 0 Å². The van der Waals surface area contributed by atoms with Crippen molar-refractivity contribution in [1.82, 2.24) is 9.97 Å². The first-order chi connectivity index (χ1) is 44.5. The molecule has 1 fully saturated rings. The Morgan fingerprint density at radius 1 is 0.341 bits per heavy atom. The number of thiophene rings is 1. The summed E-state index contributed by atoms with van der Waals surface area (Å²) in [5.74, 6) is 0.775. The maximum Gasteiger partial charge on any atom is 0.494 e. The number of aromatic nitrogens is 2. The van der Waals surface area contributed by atoms with E-state index >= 15 is 0 Å². The molecule has 6 heteroatoms. The van der Waals surface area contributed by atoms with Crippen LogP contribution in [-0.4, -0.2) is 28.3 Å². The van der Waals surface area contributed by atoms with Gasteiger partial charge < -0.3 is 9.31 Å². The van der Waals surface area contributed by atoms with E-state index in [1.807, 2.05) is 43.4 Å². The number of rotatable bonds is 3. The fraction of sp³-hybridized carbons (Fsp3) is 0.129. The van der Waals surface area contributed by atoms with Gasteiger partial charge in [-0.1, -0.05) is 280 Å². The van der Waals surface area contributed by atoms with Gasteiger partial charge in [0.25, 0.3) is 0 Å². The highest BCUT2D eigenvalue weighted by Gasteiger charge is 2.55. The van der Waals surface area contributed by atoms with Crippen molar-refractivity contribution in [2.75, 3.05) is 0 Å². The molecule has 1 aliphatic heterocycles. The van der Waals surface area contributed by atoms with Crippen LogP contribution in [0.15, 0.2) is 279 Å². The molecule has 0 unspecified atom stereocenters. The Labute approximate surface area is 537 Å². The minimum absolute atomic E-state index is 0.189. The zero-order valence-electron chi connectivity index (χ0n) is 52.3. The van der Waals surface area contributed by atoms with E-state index in [-0.39, 0.29) is 29.2 Å². The third-order valence-corrected chi connectivity index (χ3v) is 21.1. The molecule has 12 aromatic carbocycles. The molecule has 2 spiro atoms. The third kappa shape index (κ3) is 8.43. The van der Waals surface area contributed by atoms with Crippen molar-refractivity contribution in [3.05, 3.63) is 329 Å². The summed E-state index contributed by atoms with van der Waals surface area (Å²) in [5, 5.41) is 3.58. The van der Waals surface area contributed by atoms with E-state index < -0.39 is 0 Å². The molecule has 0 saturated carbocycles. The Hall–Kier alpha value is -9.82. The number of hydrogen-bond donors (Lipinski definition) is 0. The van der Waals surface area contributed by atoms with Gasteiger partial charge in [-0.3, -0.25) is 0 Å². The maximum absolute atomic E-state index is 6.45. The molecule has 0 radical (unpaired) electrons. The normalized spacial score (nSPS) is 15.2. The standard InChI is InChI=1S/C31H27BO2.C26H16N2S.C26H18.C2H6/c1-29(2)30(3,4)34-32(33-29)20-17-18-24-23-13-7-10-16-27(23)31(28(24)19-20)25-14-8-5-11-21(25)22-12-6-9-15-26(22)31;1-2-9-17(10-3-1)25-18-11-4-6-14-21(18)27-26(28-25)20-13-8-16-23-24(20)19-12-5-7-15-22(19)29-23;1-17-14-15-21-20-10-4-7-13-24(20)26(25(21)16-17)22-11-5-2-8-18(22)19-9-3-6-12-23(19)26;1-2/h5-19H,1-4H3;1-16H;2-16H,1H3;1-2H3. The van der Waals surface area contributed by atoms with Gasteiger partial charge in [-0.05, 0) is 147 Å². The fourth-order valence-corrected chi connectivity index (χ4v) is 16.6. The van der Waals surface area contributed by atoms with E-state index in [1.165, 1.54) is 115 Å². The molecule has 0 bridgehead atoms. The molecule has 5 aliphatic rings. The van der Waals surface area contributed by atoms with Crippen LogP contribution in [0, 0.1) is 6.92 Å². The molecule has 0 amide bonds. The second kappa shape index (κ2) is 21.7. The van der Waals surface area contributed by atoms with E-state index in [9.17, 15) is 0 Å². The quantitative estimate of drug-likeness (QED) is 0.165. The van der Waals surface area contributed by atoms with Crippen LogP contribution in [0.5, 0.6) is 0 Å². The van der Waals surface area contributed by atoms with Crippen molar-refractivity contribution in [3.8, 4) is 67.2 Å². The smallest absolute Gasteiger partial charge is 0.399 e. The highest BCUT2D eigenvalue weighted by Crippen LogP contribution is 2.64. The van der Waals surface area contributed by atoms with Crippen molar-refractivity contribution in [2.45, 2.75) is 70.5 Å². The lowest BCUT2D eigenvalue weighted by molar-refractivity contribution is 0.00578. The largest absolute Gasteiger partial charge is 0.494 e. The number of aryl methyl sites for hydroxylation is 1. The highest BCUT2D eigenvalue weighted by molar-refractivity contribution is 7.25. The first-order valence-electron chi connectivity index (χ1n) is 32.0. The zero-order chi connectivity index (χ0) is 61.8. The van der Waals surface area contributed by atoms with Crippen molar-refractivity contribution in [2.24, 2.45) is 0 Å². The summed E-state index contributed by atoms with van der Waals surface area (Å²) in [4.78, 5) is 10.0. The highest BCUT2D eigenvalue weighted by atomic mass is 32.1. The predicted molar refractivity (Wildman–Crippen MR) is 381 cm³/mol. The molecule has 0 atom stereocenters. The molecular weight excluding hydrogens is 1120 g/mol. The lowest BCUT2D eigenvalue weighted by atomic mass is 9.68. The van der Waals surface area contributed by atoms with E-state index in [2.05, 4.69) is 295 Å². The van der Waals surface area contributed by atoms with Gasteiger partial charge in [-0.25, -0.2) is 9.97 Å². The molecular formula is C85H67BN2O2S. The number of nitrogens with zero attached hydrogens (tertiary/aromatic N) is 2. The summed E-state index contributed by atoms with van der Waals surface area (Å²) >= 11 is 1.82. The monoisotopic (exact) mass is 1190 g/mol. The van der Waals surface area contributed by atoms with Gasteiger partial charge in [0, 0.05) is 36.7 Å². The second-order valence-electron chi connectivity index (χ2n) is 25.3. The Morgan fingerprint density at radius 3 is 1.25 bits per heavy atom. The first kappa shape index (κ1) is 56.4. The van der Waals surface area contributed by atoms with Crippen LogP contribution in [0.25, 0.3) is 98.2 Å². The van der Waals surface area contributed by atoms with E-state index in [1.54, 1.807) is 0 Å². The molecule has 3 heterocycles. The summed E-state index contributed by atoms with van der Waals surface area (Å²) in [6.45, 7) is 14.6. The van der Waals surface area contributed by atoms with Crippen LogP contribution in [0.1, 0.15) is 91.6 Å². The SMILES string of the molecule is CC.CC1(C)OB(c2ccc3c(c2)C2(c4ccccc4-c4ccccc42)c2ccccc2-3)OC1(C)C.Cc1ccc2c(c1)C1(c3ccccc3-c3ccccc31)c1ccccc1-2.c1ccc(-c2nc(-c3cccc4sc5ccccc5c34)nc3ccccc23)cc1. The van der Waals surface area contributed by atoms with Gasteiger partial charge in [0.05, 0.1) is 33.2 Å². The molecule has 19 rings (SSSR count). The Morgan fingerprint density at radius 2 is 0.736 bits per heavy atom. The fourth-order valence-electron chi connectivity index (χ4n) is 15.4. The summed E-state index contributed by atoms with van der Waals surface area (Å²) in [7, 11) is -0.386. The molecule has 91 heavy (non-hydrogen) atoms. The van der Waals surface area contributed by atoms with Crippen LogP contribution in [0.4, 0.5) is 0 Å². The van der Waals surface area contributed by atoms with E-state index in [4.69, 9.17) is 19.3 Å². The summed E-state index contributed by atoms with van der Waals surface area (Å²) in [6, 6.07) is 101. The van der Waals surface area contributed by atoms with Crippen LogP contribution < -0.4 is 5.46 Å². The van der Waals surface area contributed by atoms with Gasteiger partial charge >= 0.3 is 7.12 Å². The molecule has 438 valence electrons. The summed E-state index contributed by atoms with van der Waals surface area (Å²) in [5.41, 5.74) is 27.0. The van der Waals surface area contributed by atoms with Crippen molar-refractivity contribution < 1.29 is 9.31 Å². The zero-order valence-corrected chi connectivity index (χ0v) is 53.1. The average Bonchev–Trinajstić information content (AvgIpc) is 1.52. The molecule has 1 saturated heterocycles. The van der Waals surface area contributed by atoms with Gasteiger partial charge in [-0.2, -0.15) is 0 Å². The van der Waals surface area contributed by atoms with Crippen LogP contribution in [-0.2, 0) is 20.1 Å². The predicted octanol–water partition coefficient (Wildman–Crippen LogP) is 21.0. The van der Waals surface area contributed by atoms with Gasteiger partial charge in [0.15, 0.2) is 5.82 Å². The van der Waals surface area contributed by atoms with Gasteiger partial charge in [0.2, 0.25) is 0 Å². The van der Waals surface area contributed by atoms with Gasteiger partial charge in [-0.15, -0.1) is 11.3 Å². The molecule has 14 aromatic rings. The maximum atomic E-state index is 6.45. The average molecular weight is 1190 g/mol. The molecule has 4 aliphatic carbocycles. The van der Waals surface area contributed by atoms with Crippen LogP contribution in [0.2, 0.25) is 0 Å². The number of fused-ring (bicyclic) bond motifs is 24.